The Morgan fingerprint density at radius 3 is 2.52 bits per heavy atom. The van der Waals surface area contributed by atoms with Gasteiger partial charge in [-0.15, -0.1) is 0 Å². The fourth-order valence-electron chi connectivity index (χ4n) is 4.26. The molecule has 1 aliphatic heterocycles. The van der Waals surface area contributed by atoms with Crippen LogP contribution < -0.4 is 14.8 Å². The molecular formula is C24H28N2O6S. The lowest BCUT2D eigenvalue weighted by molar-refractivity contribution is -0.125. The predicted molar refractivity (Wildman–Crippen MR) is 122 cm³/mol. The lowest BCUT2D eigenvalue weighted by atomic mass is 10.1. The molecule has 33 heavy (non-hydrogen) atoms. The number of hydrogen-bond acceptors (Lipinski definition) is 6. The number of sulfonamides is 1. The molecule has 3 N–H and O–H groups in total. The van der Waals surface area contributed by atoms with Gasteiger partial charge in [-0.1, -0.05) is 42.5 Å². The molecular weight excluding hydrogens is 444 g/mol. The van der Waals surface area contributed by atoms with Crippen LogP contribution in [0.4, 0.5) is 0 Å². The first kappa shape index (κ1) is 23.4. The summed E-state index contributed by atoms with van der Waals surface area (Å²) in [5.41, 5.74) is 2.51. The number of hydrogen-bond donors (Lipinski definition) is 3. The molecule has 0 unspecified atom stereocenters. The third-order valence-corrected chi connectivity index (χ3v) is 7.37. The topological polar surface area (TPSA) is 114 Å². The van der Waals surface area contributed by atoms with Gasteiger partial charge in [0.2, 0.25) is 15.9 Å². The Morgan fingerprint density at radius 1 is 1.12 bits per heavy atom. The highest BCUT2D eigenvalue weighted by molar-refractivity contribution is 7.89. The van der Waals surface area contributed by atoms with Gasteiger partial charge in [-0.05, 0) is 36.1 Å². The molecule has 4 rings (SSSR count). The van der Waals surface area contributed by atoms with Crippen LogP contribution in [0.1, 0.15) is 17.5 Å². The van der Waals surface area contributed by atoms with E-state index in [1.807, 2.05) is 12.1 Å². The number of aliphatic hydroxyl groups excluding tert-OH is 1. The predicted octanol–water partition coefficient (Wildman–Crippen LogP) is 1.33. The van der Waals surface area contributed by atoms with Crippen molar-refractivity contribution >= 4 is 15.9 Å². The van der Waals surface area contributed by atoms with E-state index in [0.29, 0.717) is 5.75 Å². The molecule has 2 aromatic rings. The third kappa shape index (κ3) is 5.62. The number of nitrogens with one attached hydrogen (secondary N) is 2. The van der Waals surface area contributed by atoms with Gasteiger partial charge >= 0.3 is 0 Å². The highest BCUT2D eigenvalue weighted by atomic mass is 32.2. The molecule has 0 spiro atoms. The van der Waals surface area contributed by atoms with Gasteiger partial charge in [-0.3, -0.25) is 4.79 Å². The quantitative estimate of drug-likeness (QED) is 0.500. The van der Waals surface area contributed by atoms with Crippen LogP contribution in [-0.4, -0.2) is 57.4 Å². The highest BCUT2D eigenvalue weighted by Gasteiger charge is 2.32. The number of fused-ring (bicyclic) bond motifs is 1. The average Bonchev–Trinajstić information content (AvgIpc) is 3.22. The molecule has 1 aliphatic carbocycles. The van der Waals surface area contributed by atoms with Gasteiger partial charge in [-0.25, -0.2) is 13.1 Å². The summed E-state index contributed by atoms with van der Waals surface area (Å²) in [5.74, 6) is 0.276. The molecule has 2 aliphatic rings. The summed E-state index contributed by atoms with van der Waals surface area (Å²) in [6.45, 7) is -0.397. The number of methoxy groups -OCH3 is 1. The number of aliphatic hydroxyl groups is 1. The molecule has 3 atom stereocenters. The van der Waals surface area contributed by atoms with Crippen molar-refractivity contribution in [2.75, 3.05) is 13.7 Å². The molecule has 0 aromatic heterocycles. The van der Waals surface area contributed by atoms with Crippen molar-refractivity contribution in [3.8, 4) is 5.75 Å². The maximum Gasteiger partial charge on any atom is 0.241 e. The summed E-state index contributed by atoms with van der Waals surface area (Å²) in [5, 5.41) is 12.8. The second-order valence-corrected chi connectivity index (χ2v) is 9.97. The van der Waals surface area contributed by atoms with Crippen molar-refractivity contribution in [1.82, 2.24) is 10.0 Å². The van der Waals surface area contributed by atoms with Crippen LogP contribution in [0.3, 0.4) is 0 Å². The summed E-state index contributed by atoms with van der Waals surface area (Å²) < 4.78 is 39.0. The molecule has 0 bridgehead atoms. The summed E-state index contributed by atoms with van der Waals surface area (Å²) >= 11 is 0. The van der Waals surface area contributed by atoms with Gasteiger partial charge in [0.15, 0.2) is 0 Å². The Labute approximate surface area is 193 Å². The monoisotopic (exact) mass is 472 g/mol. The second kappa shape index (κ2) is 10.0. The van der Waals surface area contributed by atoms with E-state index in [0.717, 1.165) is 12.8 Å². The van der Waals surface area contributed by atoms with E-state index in [-0.39, 0.29) is 23.3 Å². The minimum atomic E-state index is -3.87. The first-order chi connectivity index (χ1) is 15.9. The van der Waals surface area contributed by atoms with E-state index in [1.54, 1.807) is 24.3 Å². The maximum absolute atomic E-state index is 12.8. The first-order valence-corrected chi connectivity index (χ1v) is 12.3. The van der Waals surface area contributed by atoms with Crippen LogP contribution in [0.25, 0.3) is 0 Å². The molecule has 1 amide bonds. The Hall–Kier alpha value is -2.72. The molecule has 8 nitrogen and oxygen atoms in total. The van der Waals surface area contributed by atoms with Crippen molar-refractivity contribution in [3.63, 3.8) is 0 Å². The second-order valence-electron chi connectivity index (χ2n) is 8.25. The number of carbonyl (C=O) groups excluding carboxylic acids is 1. The van der Waals surface area contributed by atoms with Crippen LogP contribution in [0, 0.1) is 0 Å². The van der Waals surface area contributed by atoms with E-state index in [1.165, 1.54) is 30.4 Å². The maximum atomic E-state index is 12.8. The summed E-state index contributed by atoms with van der Waals surface area (Å²) in [6, 6.07) is 13.5. The number of carbonyl (C=O) groups is 1. The van der Waals surface area contributed by atoms with Crippen LogP contribution in [0.2, 0.25) is 0 Å². The molecule has 0 fully saturated rings. The van der Waals surface area contributed by atoms with E-state index in [4.69, 9.17) is 9.47 Å². The number of benzene rings is 2. The zero-order valence-electron chi connectivity index (χ0n) is 18.3. The molecule has 0 saturated carbocycles. The molecule has 2 aromatic carbocycles. The molecule has 0 saturated heterocycles. The van der Waals surface area contributed by atoms with Gasteiger partial charge < -0.3 is 19.9 Å². The van der Waals surface area contributed by atoms with E-state index < -0.39 is 34.9 Å². The van der Waals surface area contributed by atoms with E-state index >= 15 is 0 Å². The summed E-state index contributed by atoms with van der Waals surface area (Å²) in [7, 11) is -2.41. The van der Waals surface area contributed by atoms with Crippen molar-refractivity contribution in [2.45, 2.75) is 48.4 Å². The van der Waals surface area contributed by atoms with Crippen LogP contribution in [0.15, 0.2) is 65.6 Å². The fraction of sp³-hybridized carbons (Fsp3) is 0.375. The number of ether oxygens (including phenoxy) is 2. The third-order valence-electron chi connectivity index (χ3n) is 5.91. The van der Waals surface area contributed by atoms with Gasteiger partial charge in [0.25, 0.3) is 0 Å². The summed E-state index contributed by atoms with van der Waals surface area (Å²) in [4.78, 5) is 12.6. The average molecular weight is 473 g/mol. The minimum absolute atomic E-state index is 0.0472. The smallest absolute Gasteiger partial charge is 0.241 e. The van der Waals surface area contributed by atoms with Crippen molar-refractivity contribution in [2.24, 2.45) is 0 Å². The van der Waals surface area contributed by atoms with Gasteiger partial charge in [0.05, 0.1) is 37.2 Å². The number of amides is 1. The zero-order chi connectivity index (χ0) is 23.4. The largest absolute Gasteiger partial charge is 0.497 e. The first-order valence-electron chi connectivity index (χ1n) is 10.8. The van der Waals surface area contributed by atoms with Crippen molar-refractivity contribution in [1.29, 1.82) is 0 Å². The fourth-order valence-corrected chi connectivity index (χ4v) is 5.51. The van der Waals surface area contributed by atoms with Crippen LogP contribution in [0.5, 0.6) is 5.75 Å². The van der Waals surface area contributed by atoms with Crippen molar-refractivity contribution in [3.05, 3.63) is 71.8 Å². The Morgan fingerprint density at radius 2 is 1.85 bits per heavy atom. The Kier molecular flexibility index (Phi) is 7.14. The SMILES string of the molecule is COc1cccc(S(=O)(=O)N[C@@H]2C=C[C@@H](CC(=O)NC3Cc4ccccc4C3)O[C@@H]2CO)c1. The van der Waals surface area contributed by atoms with Gasteiger partial charge in [0, 0.05) is 12.1 Å². The van der Waals surface area contributed by atoms with E-state index in [9.17, 15) is 18.3 Å². The molecule has 176 valence electrons. The highest BCUT2D eigenvalue weighted by Crippen LogP contribution is 2.23. The number of rotatable bonds is 8. The van der Waals surface area contributed by atoms with Crippen LogP contribution in [-0.2, 0) is 32.4 Å². The Bertz CT molecular complexity index is 1110. The normalized spacial score (nSPS) is 22.7. The molecule has 0 radical (unpaired) electrons. The molecule has 9 heteroatoms. The van der Waals surface area contributed by atoms with Gasteiger partial charge in [0.1, 0.15) is 11.9 Å². The zero-order valence-corrected chi connectivity index (χ0v) is 19.1. The van der Waals surface area contributed by atoms with E-state index in [2.05, 4.69) is 22.2 Å². The minimum Gasteiger partial charge on any atom is -0.497 e. The summed E-state index contributed by atoms with van der Waals surface area (Å²) in [6.07, 6.45) is 3.62. The van der Waals surface area contributed by atoms with Gasteiger partial charge in [-0.2, -0.15) is 0 Å². The molecule has 1 heterocycles. The lowest BCUT2D eigenvalue weighted by Gasteiger charge is -2.31. The Balaban J connectivity index is 1.35. The van der Waals surface area contributed by atoms with Crippen molar-refractivity contribution < 1.29 is 27.8 Å². The van der Waals surface area contributed by atoms with Crippen LogP contribution >= 0.6 is 0 Å². The lowest BCUT2D eigenvalue weighted by Crippen LogP contribution is -2.49. The standard InChI is InChI=1S/C24H28N2O6S/c1-31-19-7-4-8-21(13-19)33(29,30)26-22-10-9-20(32-23(22)15-27)14-24(28)25-18-11-16-5-2-3-6-17(16)12-18/h2-10,13,18,20,22-23,26-27H,11-12,14-15H2,1H3,(H,25,28)/t20-,22+,23+/m0/s1.